The number of halogens is 1. The van der Waals surface area contributed by atoms with Crippen molar-refractivity contribution in [1.82, 2.24) is 0 Å². The number of benzene rings is 2. The molecular weight excluding hydrogens is 317 g/mol. The number of anilines is 1. The number of rotatable bonds is 2. The van der Waals surface area contributed by atoms with Crippen molar-refractivity contribution in [2.24, 2.45) is 17.8 Å². The summed E-state index contributed by atoms with van der Waals surface area (Å²) in [5.74, 6) is 1.09. The first kappa shape index (κ1) is 14.9. The molecule has 2 saturated carbocycles. The van der Waals surface area contributed by atoms with E-state index in [0.717, 1.165) is 11.1 Å². The molecule has 4 heteroatoms. The second-order valence-corrected chi connectivity index (χ2v) is 7.69. The van der Waals surface area contributed by atoms with Gasteiger partial charge in [-0.05, 0) is 72.3 Å². The molecular formula is C21H20FNO2. The fourth-order valence-electron chi connectivity index (χ4n) is 5.64. The van der Waals surface area contributed by atoms with E-state index in [1.165, 1.54) is 25.3 Å². The molecule has 0 unspecified atom stereocenters. The largest absolute Gasteiger partial charge is 0.478 e. The summed E-state index contributed by atoms with van der Waals surface area (Å²) in [6, 6.07) is 12.5. The third-order valence-corrected chi connectivity index (χ3v) is 6.59. The van der Waals surface area contributed by atoms with Crippen LogP contribution in [-0.4, -0.2) is 11.1 Å². The average molecular weight is 337 g/mol. The number of fused-ring (bicyclic) bond motifs is 7. The van der Waals surface area contributed by atoms with E-state index in [0.29, 0.717) is 29.4 Å². The predicted octanol–water partition coefficient (Wildman–Crippen LogP) is 4.82. The minimum Gasteiger partial charge on any atom is -0.478 e. The lowest BCUT2D eigenvalue weighted by atomic mass is 9.68. The molecule has 2 aromatic carbocycles. The Morgan fingerprint density at radius 3 is 2.60 bits per heavy atom. The van der Waals surface area contributed by atoms with E-state index in [4.69, 9.17) is 5.11 Å². The Bertz CT molecular complexity index is 847. The molecule has 1 aliphatic heterocycles. The second kappa shape index (κ2) is 5.32. The normalized spacial score (nSPS) is 32.0. The summed E-state index contributed by atoms with van der Waals surface area (Å²) in [5.41, 5.74) is 3.12. The molecule has 25 heavy (non-hydrogen) atoms. The highest BCUT2D eigenvalue weighted by Crippen LogP contribution is 2.63. The van der Waals surface area contributed by atoms with Crippen molar-refractivity contribution >= 4 is 11.7 Å². The van der Waals surface area contributed by atoms with Gasteiger partial charge in [0.05, 0.1) is 17.3 Å². The van der Waals surface area contributed by atoms with Gasteiger partial charge < -0.3 is 10.4 Å². The van der Waals surface area contributed by atoms with Gasteiger partial charge in [-0.1, -0.05) is 24.3 Å². The Kier molecular flexibility index (Phi) is 3.18. The molecule has 0 saturated heterocycles. The number of carboxylic acids is 1. The molecule has 2 aliphatic carbocycles. The van der Waals surface area contributed by atoms with E-state index in [1.807, 2.05) is 18.2 Å². The van der Waals surface area contributed by atoms with Gasteiger partial charge in [-0.3, -0.25) is 0 Å². The molecule has 0 aromatic heterocycles. The van der Waals surface area contributed by atoms with E-state index in [2.05, 4.69) is 11.4 Å². The molecule has 1 heterocycles. The summed E-state index contributed by atoms with van der Waals surface area (Å²) in [5, 5.41) is 12.6. The van der Waals surface area contributed by atoms with Crippen molar-refractivity contribution in [2.45, 2.75) is 31.2 Å². The van der Waals surface area contributed by atoms with Gasteiger partial charge in [-0.2, -0.15) is 0 Å². The number of carboxylic acid groups (broad SMARTS) is 1. The maximum Gasteiger partial charge on any atom is 0.335 e. The summed E-state index contributed by atoms with van der Waals surface area (Å²) in [4.78, 5) is 11.1. The van der Waals surface area contributed by atoms with Gasteiger partial charge in [0.25, 0.3) is 0 Å². The van der Waals surface area contributed by atoms with Crippen molar-refractivity contribution in [2.75, 3.05) is 5.32 Å². The molecule has 3 nitrogen and oxygen atoms in total. The third kappa shape index (κ3) is 2.13. The Morgan fingerprint density at radius 1 is 1.08 bits per heavy atom. The van der Waals surface area contributed by atoms with E-state index >= 15 is 0 Å². The second-order valence-electron chi connectivity index (χ2n) is 7.69. The minimum absolute atomic E-state index is 0.0487. The summed E-state index contributed by atoms with van der Waals surface area (Å²) >= 11 is 0. The molecule has 2 bridgehead atoms. The molecule has 0 radical (unpaired) electrons. The van der Waals surface area contributed by atoms with E-state index in [-0.39, 0.29) is 17.4 Å². The lowest BCUT2D eigenvalue weighted by molar-refractivity contribution is 0.0697. The van der Waals surface area contributed by atoms with Crippen LogP contribution in [0, 0.1) is 23.6 Å². The number of para-hydroxylation sites is 1. The maximum absolute atomic E-state index is 14.5. The van der Waals surface area contributed by atoms with Crippen molar-refractivity contribution in [3.05, 3.63) is 65.0 Å². The van der Waals surface area contributed by atoms with Crippen LogP contribution in [0.3, 0.4) is 0 Å². The first-order chi connectivity index (χ1) is 12.1. The van der Waals surface area contributed by atoms with Crippen LogP contribution in [0.2, 0.25) is 0 Å². The smallest absolute Gasteiger partial charge is 0.335 e. The molecule has 5 rings (SSSR count). The Labute approximate surface area is 145 Å². The fourth-order valence-corrected chi connectivity index (χ4v) is 5.64. The Balaban J connectivity index is 1.60. The zero-order valence-corrected chi connectivity index (χ0v) is 13.8. The van der Waals surface area contributed by atoms with Gasteiger partial charge in [-0.15, -0.1) is 0 Å². The molecule has 0 amide bonds. The first-order valence-corrected chi connectivity index (χ1v) is 9.01. The zero-order chi connectivity index (χ0) is 17.1. The predicted molar refractivity (Wildman–Crippen MR) is 93.2 cm³/mol. The zero-order valence-electron chi connectivity index (χ0n) is 13.8. The van der Waals surface area contributed by atoms with Gasteiger partial charge in [0.15, 0.2) is 0 Å². The van der Waals surface area contributed by atoms with E-state index in [1.54, 1.807) is 12.1 Å². The van der Waals surface area contributed by atoms with Gasteiger partial charge in [0.2, 0.25) is 0 Å². The molecule has 5 atom stereocenters. The fraction of sp³-hybridized carbons (Fsp3) is 0.381. The highest BCUT2D eigenvalue weighted by Gasteiger charge is 2.54. The minimum atomic E-state index is -0.919. The summed E-state index contributed by atoms with van der Waals surface area (Å²) in [6.07, 6.45) is 3.73. The first-order valence-electron chi connectivity index (χ1n) is 9.01. The number of hydrogen-bond donors (Lipinski definition) is 2. The van der Waals surface area contributed by atoms with Crippen LogP contribution in [0.1, 0.15) is 52.7 Å². The van der Waals surface area contributed by atoms with Gasteiger partial charge >= 0.3 is 5.97 Å². The lowest BCUT2D eigenvalue weighted by Gasteiger charge is -2.43. The van der Waals surface area contributed by atoms with Crippen molar-refractivity contribution in [1.29, 1.82) is 0 Å². The van der Waals surface area contributed by atoms with Crippen LogP contribution in [-0.2, 0) is 0 Å². The lowest BCUT2D eigenvalue weighted by Crippen LogP contribution is -2.35. The van der Waals surface area contributed by atoms with Crippen LogP contribution < -0.4 is 5.32 Å². The van der Waals surface area contributed by atoms with Crippen molar-refractivity contribution in [3.63, 3.8) is 0 Å². The SMILES string of the molecule is O=C(O)c1ccc([C@@H]2Nc3c(F)cccc3[C@H]3[C@H]4CC[C@@H](C4)[C@H]32)cc1. The monoisotopic (exact) mass is 337 g/mol. The Hall–Kier alpha value is -2.36. The summed E-state index contributed by atoms with van der Waals surface area (Å²) < 4.78 is 14.5. The number of carbonyl (C=O) groups is 1. The van der Waals surface area contributed by atoms with Crippen LogP contribution >= 0.6 is 0 Å². The highest BCUT2D eigenvalue weighted by atomic mass is 19.1. The molecule has 0 spiro atoms. The van der Waals surface area contributed by atoms with Crippen LogP contribution in [0.25, 0.3) is 0 Å². The highest BCUT2D eigenvalue weighted by molar-refractivity contribution is 5.87. The molecule has 128 valence electrons. The van der Waals surface area contributed by atoms with E-state index in [9.17, 15) is 9.18 Å². The third-order valence-electron chi connectivity index (χ3n) is 6.59. The van der Waals surface area contributed by atoms with Gasteiger partial charge in [0, 0.05) is 0 Å². The maximum atomic E-state index is 14.5. The van der Waals surface area contributed by atoms with Crippen LogP contribution in [0.15, 0.2) is 42.5 Å². The number of aromatic carboxylic acids is 1. The standard InChI is InChI=1S/C21H20FNO2/c22-16-3-1-2-15-17-13-8-9-14(10-13)18(17)19(23-20(15)16)11-4-6-12(7-5-11)21(24)25/h1-7,13-14,17-19,23H,8-10H2,(H,24,25)/t13-,14-,17+,18+,19-/m0/s1. The molecule has 2 aromatic rings. The van der Waals surface area contributed by atoms with Crippen LogP contribution in [0.4, 0.5) is 10.1 Å². The van der Waals surface area contributed by atoms with Crippen molar-refractivity contribution in [3.8, 4) is 0 Å². The van der Waals surface area contributed by atoms with Gasteiger partial charge in [0.1, 0.15) is 5.82 Å². The molecule has 2 fully saturated rings. The Morgan fingerprint density at radius 2 is 1.84 bits per heavy atom. The van der Waals surface area contributed by atoms with Crippen molar-refractivity contribution < 1.29 is 14.3 Å². The molecule has 3 aliphatic rings. The molecule has 2 N–H and O–H groups in total. The number of hydrogen-bond acceptors (Lipinski definition) is 2. The summed E-state index contributed by atoms with van der Waals surface area (Å²) in [6.45, 7) is 0. The van der Waals surface area contributed by atoms with Gasteiger partial charge in [-0.25, -0.2) is 9.18 Å². The topological polar surface area (TPSA) is 49.3 Å². The quantitative estimate of drug-likeness (QED) is 0.826. The number of nitrogens with one attached hydrogen (secondary N) is 1. The average Bonchev–Trinajstić information content (AvgIpc) is 3.24. The van der Waals surface area contributed by atoms with E-state index < -0.39 is 5.97 Å². The van der Waals surface area contributed by atoms with Crippen LogP contribution in [0.5, 0.6) is 0 Å². The summed E-state index contributed by atoms with van der Waals surface area (Å²) in [7, 11) is 0.